The first-order chi connectivity index (χ1) is 13.5. The number of nitrogens with zero attached hydrogens (tertiary/aromatic N) is 2. The highest BCUT2D eigenvalue weighted by atomic mass is 16.5. The summed E-state index contributed by atoms with van der Waals surface area (Å²) in [6, 6.07) is 17.3. The zero-order chi connectivity index (χ0) is 19.9. The first-order valence-corrected chi connectivity index (χ1v) is 9.23. The van der Waals surface area contributed by atoms with Gasteiger partial charge in [0.1, 0.15) is 17.3 Å². The number of benzene rings is 2. The van der Waals surface area contributed by atoms with Gasteiger partial charge >= 0.3 is 0 Å². The Balaban J connectivity index is 1.59. The van der Waals surface area contributed by atoms with Gasteiger partial charge in [0, 0.05) is 5.69 Å². The Morgan fingerprint density at radius 2 is 1.64 bits per heavy atom. The molecule has 0 saturated heterocycles. The number of amides is 1. The smallest absolute Gasteiger partial charge is 0.271 e. The summed E-state index contributed by atoms with van der Waals surface area (Å²) in [6.07, 6.45) is 3.14. The molecule has 0 spiro atoms. The minimum absolute atomic E-state index is 0.111. The molecule has 0 bridgehead atoms. The lowest BCUT2D eigenvalue weighted by atomic mass is 10.1. The number of anilines is 2. The van der Waals surface area contributed by atoms with Crippen LogP contribution in [0.2, 0.25) is 0 Å². The summed E-state index contributed by atoms with van der Waals surface area (Å²) < 4.78 is 5.62. The maximum absolute atomic E-state index is 12.4. The van der Waals surface area contributed by atoms with Crippen molar-refractivity contribution >= 4 is 17.4 Å². The Labute approximate surface area is 165 Å². The van der Waals surface area contributed by atoms with Gasteiger partial charge in [0.15, 0.2) is 0 Å². The summed E-state index contributed by atoms with van der Waals surface area (Å²) in [5, 5.41) is 6.08. The number of ether oxygens (including phenoxy) is 1. The third-order valence-corrected chi connectivity index (χ3v) is 4.03. The molecule has 2 N–H and O–H groups in total. The standard InChI is InChI=1S/C22H24N4O2/c1-15(2)28-19-11-9-18(10-12-19)26-21-14-23-20(13-24-21)22(27)25-16(3)17-7-5-4-6-8-17/h4-16H,1-3H3,(H,24,26)(H,25,27). The van der Waals surface area contributed by atoms with E-state index in [1.165, 1.54) is 6.20 Å². The maximum atomic E-state index is 12.4. The highest BCUT2D eigenvalue weighted by molar-refractivity contribution is 5.92. The number of aromatic nitrogens is 2. The van der Waals surface area contributed by atoms with Crippen LogP contribution in [0.5, 0.6) is 5.75 Å². The Hall–Kier alpha value is -3.41. The minimum atomic E-state index is -0.259. The zero-order valence-corrected chi connectivity index (χ0v) is 16.2. The molecule has 0 fully saturated rings. The zero-order valence-electron chi connectivity index (χ0n) is 16.2. The molecule has 6 heteroatoms. The van der Waals surface area contributed by atoms with Crippen LogP contribution in [0.25, 0.3) is 0 Å². The molecule has 1 unspecified atom stereocenters. The number of rotatable bonds is 7. The topological polar surface area (TPSA) is 76.1 Å². The molecule has 0 aliphatic carbocycles. The van der Waals surface area contributed by atoms with Gasteiger partial charge in [0.05, 0.1) is 24.5 Å². The molecule has 28 heavy (non-hydrogen) atoms. The van der Waals surface area contributed by atoms with Crippen molar-refractivity contribution in [3.05, 3.63) is 78.2 Å². The van der Waals surface area contributed by atoms with E-state index in [-0.39, 0.29) is 23.7 Å². The largest absolute Gasteiger partial charge is 0.491 e. The summed E-state index contributed by atoms with van der Waals surface area (Å²) in [7, 11) is 0. The van der Waals surface area contributed by atoms with Gasteiger partial charge in [-0.3, -0.25) is 4.79 Å². The molecule has 0 aliphatic rings. The molecule has 144 valence electrons. The Morgan fingerprint density at radius 1 is 0.929 bits per heavy atom. The van der Waals surface area contributed by atoms with Crippen LogP contribution in [0, 0.1) is 0 Å². The molecule has 3 rings (SSSR count). The lowest BCUT2D eigenvalue weighted by molar-refractivity contribution is 0.0934. The quantitative estimate of drug-likeness (QED) is 0.635. The monoisotopic (exact) mass is 376 g/mol. The Kier molecular flexibility index (Phi) is 6.22. The molecular weight excluding hydrogens is 352 g/mol. The van der Waals surface area contributed by atoms with E-state index in [0.717, 1.165) is 17.0 Å². The number of nitrogens with one attached hydrogen (secondary N) is 2. The van der Waals surface area contributed by atoms with E-state index < -0.39 is 0 Å². The summed E-state index contributed by atoms with van der Waals surface area (Å²) in [5.41, 5.74) is 2.17. The second kappa shape index (κ2) is 8.99. The van der Waals surface area contributed by atoms with Gasteiger partial charge in [0.25, 0.3) is 5.91 Å². The average molecular weight is 376 g/mol. The highest BCUT2D eigenvalue weighted by Gasteiger charge is 2.13. The summed E-state index contributed by atoms with van der Waals surface area (Å²) >= 11 is 0. The van der Waals surface area contributed by atoms with Crippen molar-refractivity contribution < 1.29 is 9.53 Å². The molecule has 1 heterocycles. The van der Waals surface area contributed by atoms with Gasteiger partial charge in [-0.15, -0.1) is 0 Å². The Bertz CT molecular complexity index is 894. The van der Waals surface area contributed by atoms with E-state index in [1.54, 1.807) is 6.20 Å². The van der Waals surface area contributed by atoms with Crippen LogP contribution in [0.15, 0.2) is 67.0 Å². The molecule has 6 nitrogen and oxygen atoms in total. The highest BCUT2D eigenvalue weighted by Crippen LogP contribution is 2.19. The number of hydrogen-bond donors (Lipinski definition) is 2. The predicted octanol–water partition coefficient (Wildman–Crippen LogP) is 4.50. The van der Waals surface area contributed by atoms with Gasteiger partial charge in [-0.25, -0.2) is 9.97 Å². The first-order valence-electron chi connectivity index (χ1n) is 9.23. The molecular formula is C22H24N4O2. The van der Waals surface area contributed by atoms with Gasteiger partial charge in [-0.2, -0.15) is 0 Å². The van der Waals surface area contributed by atoms with Crippen molar-refractivity contribution in [2.45, 2.75) is 32.9 Å². The van der Waals surface area contributed by atoms with Crippen molar-refractivity contribution in [3.8, 4) is 5.75 Å². The van der Waals surface area contributed by atoms with E-state index in [1.807, 2.05) is 75.4 Å². The van der Waals surface area contributed by atoms with E-state index in [0.29, 0.717) is 5.82 Å². The SMILES string of the molecule is CC(C)Oc1ccc(Nc2cnc(C(=O)NC(C)c3ccccc3)cn2)cc1. The van der Waals surface area contributed by atoms with Crippen LogP contribution in [0.1, 0.15) is 42.9 Å². The van der Waals surface area contributed by atoms with Crippen LogP contribution in [-0.2, 0) is 0 Å². The van der Waals surface area contributed by atoms with Crippen molar-refractivity contribution in [1.82, 2.24) is 15.3 Å². The van der Waals surface area contributed by atoms with Crippen LogP contribution in [0.3, 0.4) is 0 Å². The molecule has 0 saturated carbocycles. The van der Waals surface area contributed by atoms with Gasteiger partial charge < -0.3 is 15.4 Å². The number of carbonyl (C=O) groups is 1. The molecule has 3 aromatic rings. The van der Waals surface area contributed by atoms with E-state index in [9.17, 15) is 4.79 Å². The fourth-order valence-corrected chi connectivity index (χ4v) is 2.64. The van der Waals surface area contributed by atoms with Crippen molar-refractivity contribution in [3.63, 3.8) is 0 Å². The van der Waals surface area contributed by atoms with Gasteiger partial charge in [0.2, 0.25) is 0 Å². The first kappa shape index (κ1) is 19.4. The van der Waals surface area contributed by atoms with Crippen molar-refractivity contribution in [2.24, 2.45) is 0 Å². The molecule has 1 aromatic heterocycles. The van der Waals surface area contributed by atoms with E-state index in [2.05, 4.69) is 20.6 Å². The molecule has 1 amide bonds. The summed E-state index contributed by atoms with van der Waals surface area (Å²) in [6.45, 7) is 5.91. The van der Waals surface area contributed by atoms with Gasteiger partial charge in [-0.1, -0.05) is 30.3 Å². The lowest BCUT2D eigenvalue weighted by Crippen LogP contribution is -2.27. The predicted molar refractivity (Wildman–Crippen MR) is 110 cm³/mol. The molecule has 2 aromatic carbocycles. The molecule has 0 aliphatic heterocycles. The van der Waals surface area contributed by atoms with Gasteiger partial charge in [-0.05, 0) is 50.6 Å². The number of carbonyl (C=O) groups excluding carboxylic acids is 1. The fourth-order valence-electron chi connectivity index (χ4n) is 2.64. The number of hydrogen-bond acceptors (Lipinski definition) is 5. The van der Waals surface area contributed by atoms with E-state index >= 15 is 0 Å². The van der Waals surface area contributed by atoms with Crippen LogP contribution in [0.4, 0.5) is 11.5 Å². The Morgan fingerprint density at radius 3 is 2.25 bits per heavy atom. The maximum Gasteiger partial charge on any atom is 0.271 e. The normalized spacial score (nSPS) is 11.7. The molecule has 0 radical (unpaired) electrons. The van der Waals surface area contributed by atoms with E-state index in [4.69, 9.17) is 4.74 Å². The average Bonchev–Trinajstić information content (AvgIpc) is 2.70. The second-order valence-electron chi connectivity index (χ2n) is 6.71. The van der Waals surface area contributed by atoms with Crippen molar-refractivity contribution in [1.29, 1.82) is 0 Å². The lowest BCUT2D eigenvalue weighted by Gasteiger charge is -2.14. The molecule has 1 atom stereocenters. The second-order valence-corrected chi connectivity index (χ2v) is 6.71. The van der Waals surface area contributed by atoms with Crippen molar-refractivity contribution in [2.75, 3.05) is 5.32 Å². The van der Waals surface area contributed by atoms with Crippen LogP contribution in [-0.4, -0.2) is 22.0 Å². The fraction of sp³-hybridized carbons (Fsp3) is 0.227. The van der Waals surface area contributed by atoms with Crippen LogP contribution < -0.4 is 15.4 Å². The minimum Gasteiger partial charge on any atom is -0.491 e. The summed E-state index contributed by atoms with van der Waals surface area (Å²) in [4.78, 5) is 20.9. The third-order valence-electron chi connectivity index (χ3n) is 4.03. The third kappa shape index (κ3) is 5.30. The van der Waals surface area contributed by atoms with Crippen LogP contribution >= 0.6 is 0 Å². The summed E-state index contributed by atoms with van der Waals surface area (Å²) in [5.74, 6) is 1.11.